The van der Waals surface area contributed by atoms with Gasteiger partial charge in [0.25, 0.3) is 5.91 Å². The minimum Gasteiger partial charge on any atom is -0.481 e. The number of aryl methyl sites for hydroxylation is 1. The van der Waals surface area contributed by atoms with Crippen LogP contribution in [0.25, 0.3) is 0 Å². The van der Waals surface area contributed by atoms with E-state index in [1.165, 1.54) is 18.0 Å². The molecular formula is C19H21N3O3. The molecule has 0 bridgehead atoms. The van der Waals surface area contributed by atoms with E-state index in [-0.39, 0.29) is 18.7 Å². The Kier molecular flexibility index (Phi) is 6.83. The van der Waals surface area contributed by atoms with E-state index in [4.69, 9.17) is 5.11 Å². The summed E-state index contributed by atoms with van der Waals surface area (Å²) in [5.41, 5.74) is 5.48. The number of aliphatic carboxylic acids is 1. The molecular weight excluding hydrogens is 318 g/mol. The highest BCUT2D eigenvalue weighted by Gasteiger charge is 2.09. The molecule has 1 aromatic carbocycles. The van der Waals surface area contributed by atoms with E-state index in [2.05, 4.69) is 22.4 Å². The van der Waals surface area contributed by atoms with Crippen LogP contribution < -0.4 is 5.43 Å². The zero-order valence-electron chi connectivity index (χ0n) is 14.1. The van der Waals surface area contributed by atoms with Crippen LogP contribution in [0.15, 0.2) is 53.9 Å². The quantitative estimate of drug-likeness (QED) is 0.571. The fourth-order valence-corrected chi connectivity index (χ4v) is 2.33. The monoisotopic (exact) mass is 339 g/mol. The fraction of sp³-hybridized carbons (Fsp3) is 0.263. The summed E-state index contributed by atoms with van der Waals surface area (Å²) in [5, 5.41) is 13.1. The molecule has 25 heavy (non-hydrogen) atoms. The summed E-state index contributed by atoms with van der Waals surface area (Å²) in [6, 6.07) is 11.0. The maximum absolute atomic E-state index is 12.1. The molecule has 6 heteroatoms. The van der Waals surface area contributed by atoms with Crippen LogP contribution in [0.1, 0.15) is 47.7 Å². The molecule has 1 aromatic heterocycles. The first-order chi connectivity index (χ1) is 12.1. The van der Waals surface area contributed by atoms with Crippen LogP contribution in [0.3, 0.4) is 0 Å². The summed E-state index contributed by atoms with van der Waals surface area (Å²) in [5.74, 6) is -1.27. The lowest BCUT2D eigenvalue weighted by Crippen LogP contribution is -2.20. The van der Waals surface area contributed by atoms with Crippen molar-refractivity contribution in [3.8, 4) is 0 Å². The zero-order chi connectivity index (χ0) is 18.1. The number of hydrogen-bond acceptors (Lipinski definition) is 4. The molecule has 2 N–H and O–H groups in total. The van der Waals surface area contributed by atoms with Crippen LogP contribution in [0.4, 0.5) is 0 Å². The van der Waals surface area contributed by atoms with Crippen molar-refractivity contribution in [1.29, 1.82) is 0 Å². The number of benzene rings is 1. The summed E-state index contributed by atoms with van der Waals surface area (Å²) < 4.78 is 0. The van der Waals surface area contributed by atoms with Gasteiger partial charge in [0.05, 0.1) is 12.1 Å². The highest BCUT2D eigenvalue weighted by atomic mass is 16.4. The van der Waals surface area contributed by atoms with Crippen molar-refractivity contribution < 1.29 is 14.7 Å². The third kappa shape index (κ3) is 5.84. The van der Waals surface area contributed by atoms with Gasteiger partial charge in [-0.1, -0.05) is 37.6 Å². The van der Waals surface area contributed by atoms with E-state index in [9.17, 15) is 9.59 Å². The number of carboxylic acid groups (broad SMARTS) is 1. The van der Waals surface area contributed by atoms with Crippen molar-refractivity contribution in [3.63, 3.8) is 0 Å². The number of aromatic nitrogens is 1. The molecule has 130 valence electrons. The topological polar surface area (TPSA) is 91.6 Å². The minimum absolute atomic E-state index is 0.0549. The third-order valence-corrected chi connectivity index (χ3v) is 3.64. The van der Waals surface area contributed by atoms with Gasteiger partial charge in [0, 0.05) is 24.4 Å². The molecule has 0 aliphatic heterocycles. The molecule has 0 aliphatic carbocycles. The Bertz CT molecular complexity index is 740. The van der Waals surface area contributed by atoms with Gasteiger partial charge in [-0.25, -0.2) is 5.43 Å². The number of nitrogens with one attached hydrogen (secondary N) is 1. The highest BCUT2D eigenvalue weighted by Crippen LogP contribution is 2.11. The van der Waals surface area contributed by atoms with Gasteiger partial charge < -0.3 is 5.11 Å². The number of carbonyl (C=O) groups is 2. The number of hydrazone groups is 1. The summed E-state index contributed by atoms with van der Waals surface area (Å²) >= 11 is 0. The molecule has 2 rings (SSSR count). The van der Waals surface area contributed by atoms with E-state index >= 15 is 0 Å². The molecule has 2 aromatic rings. The molecule has 0 saturated carbocycles. The van der Waals surface area contributed by atoms with Gasteiger partial charge in [0.2, 0.25) is 0 Å². The van der Waals surface area contributed by atoms with E-state index in [1.54, 1.807) is 12.1 Å². The number of rotatable bonds is 8. The lowest BCUT2D eigenvalue weighted by Gasteiger charge is -2.08. The second kappa shape index (κ2) is 9.32. The van der Waals surface area contributed by atoms with Crippen molar-refractivity contribution in [2.75, 3.05) is 0 Å². The largest absolute Gasteiger partial charge is 0.481 e. The predicted octanol–water partition coefficient (Wildman–Crippen LogP) is 3.03. The molecule has 0 aliphatic rings. The van der Waals surface area contributed by atoms with Gasteiger partial charge >= 0.3 is 5.97 Å². The Morgan fingerprint density at radius 1 is 1.04 bits per heavy atom. The molecule has 1 amide bonds. The SMILES string of the molecule is CCCc1ccc(/C(CCC(=O)O)=N/NC(=O)c2ccncc2)cc1. The smallest absolute Gasteiger partial charge is 0.303 e. The lowest BCUT2D eigenvalue weighted by atomic mass is 10.0. The van der Waals surface area contributed by atoms with E-state index in [0.717, 1.165) is 18.4 Å². The van der Waals surface area contributed by atoms with Crippen LogP contribution in [0.5, 0.6) is 0 Å². The number of hydrogen-bond donors (Lipinski definition) is 2. The number of carbonyl (C=O) groups excluding carboxylic acids is 1. The number of amides is 1. The van der Waals surface area contributed by atoms with Gasteiger partial charge in [0.15, 0.2) is 0 Å². The Hall–Kier alpha value is -3.02. The Morgan fingerprint density at radius 3 is 2.32 bits per heavy atom. The first-order valence-corrected chi connectivity index (χ1v) is 8.18. The molecule has 0 unspecified atom stereocenters. The second-order valence-corrected chi connectivity index (χ2v) is 5.58. The number of carboxylic acids is 1. The van der Waals surface area contributed by atoms with Crippen molar-refractivity contribution in [3.05, 3.63) is 65.5 Å². The van der Waals surface area contributed by atoms with Crippen LogP contribution >= 0.6 is 0 Å². The summed E-state index contributed by atoms with van der Waals surface area (Å²) in [6.45, 7) is 2.11. The lowest BCUT2D eigenvalue weighted by molar-refractivity contribution is -0.136. The molecule has 0 fully saturated rings. The number of pyridine rings is 1. The fourth-order valence-electron chi connectivity index (χ4n) is 2.33. The highest BCUT2D eigenvalue weighted by molar-refractivity contribution is 6.03. The normalized spacial score (nSPS) is 11.2. The molecule has 0 saturated heterocycles. The Labute approximate surface area is 146 Å². The van der Waals surface area contributed by atoms with Crippen molar-refractivity contribution in [2.45, 2.75) is 32.6 Å². The van der Waals surface area contributed by atoms with Crippen molar-refractivity contribution in [2.24, 2.45) is 5.10 Å². The van der Waals surface area contributed by atoms with Gasteiger partial charge in [-0.3, -0.25) is 14.6 Å². The molecule has 0 atom stereocenters. The average molecular weight is 339 g/mol. The van der Waals surface area contributed by atoms with Gasteiger partial charge in [-0.05, 0) is 29.7 Å². The molecule has 0 radical (unpaired) electrons. The van der Waals surface area contributed by atoms with Crippen LogP contribution in [0.2, 0.25) is 0 Å². The minimum atomic E-state index is -0.907. The predicted molar refractivity (Wildman–Crippen MR) is 95.5 cm³/mol. The number of nitrogens with zero attached hydrogens (tertiary/aromatic N) is 2. The van der Waals surface area contributed by atoms with Gasteiger partial charge in [-0.2, -0.15) is 5.10 Å². The molecule has 1 heterocycles. The summed E-state index contributed by atoms with van der Waals surface area (Å²) in [4.78, 5) is 26.8. The van der Waals surface area contributed by atoms with Crippen LogP contribution in [0, 0.1) is 0 Å². The van der Waals surface area contributed by atoms with Crippen molar-refractivity contribution >= 4 is 17.6 Å². The zero-order valence-corrected chi connectivity index (χ0v) is 14.1. The van der Waals surface area contributed by atoms with E-state index in [1.807, 2.05) is 24.3 Å². The molecule has 0 spiro atoms. The third-order valence-electron chi connectivity index (χ3n) is 3.64. The van der Waals surface area contributed by atoms with Gasteiger partial charge in [0.1, 0.15) is 0 Å². The Balaban J connectivity index is 2.16. The maximum atomic E-state index is 12.1. The van der Waals surface area contributed by atoms with Crippen LogP contribution in [-0.2, 0) is 11.2 Å². The summed E-state index contributed by atoms with van der Waals surface area (Å²) in [7, 11) is 0. The first kappa shape index (κ1) is 18.3. The van der Waals surface area contributed by atoms with E-state index < -0.39 is 5.97 Å². The molecule has 6 nitrogen and oxygen atoms in total. The second-order valence-electron chi connectivity index (χ2n) is 5.58. The first-order valence-electron chi connectivity index (χ1n) is 8.18. The average Bonchev–Trinajstić information content (AvgIpc) is 2.63. The van der Waals surface area contributed by atoms with Gasteiger partial charge in [-0.15, -0.1) is 0 Å². The van der Waals surface area contributed by atoms with E-state index in [0.29, 0.717) is 11.3 Å². The maximum Gasteiger partial charge on any atom is 0.303 e. The van der Waals surface area contributed by atoms with Crippen LogP contribution in [-0.4, -0.2) is 27.7 Å². The summed E-state index contributed by atoms with van der Waals surface area (Å²) in [6.07, 6.45) is 5.27. The standard InChI is InChI=1S/C19H21N3O3/c1-2-3-14-4-6-15(7-5-14)17(8-9-18(23)24)21-22-19(25)16-10-12-20-13-11-16/h4-7,10-13H,2-3,8-9H2,1H3,(H,22,25)(H,23,24)/b21-17+. The Morgan fingerprint density at radius 2 is 1.72 bits per heavy atom. The van der Waals surface area contributed by atoms with Crippen molar-refractivity contribution in [1.82, 2.24) is 10.4 Å².